The van der Waals surface area contributed by atoms with E-state index >= 15 is 0 Å². The van der Waals surface area contributed by atoms with Crippen molar-refractivity contribution in [3.63, 3.8) is 0 Å². The number of ether oxygens (including phenoxy) is 1. The summed E-state index contributed by atoms with van der Waals surface area (Å²) in [6.07, 6.45) is 0. The van der Waals surface area contributed by atoms with Crippen LogP contribution in [0.1, 0.15) is 5.56 Å². The van der Waals surface area contributed by atoms with E-state index in [0.717, 1.165) is 11.3 Å². The maximum Gasteiger partial charge on any atom is 0.243 e. The molecule has 0 unspecified atom stereocenters. The molecule has 3 rings (SSSR count). The Morgan fingerprint density at radius 3 is 2.44 bits per heavy atom. The van der Waals surface area contributed by atoms with E-state index in [1.807, 2.05) is 31.2 Å². The summed E-state index contributed by atoms with van der Waals surface area (Å²) in [5, 5.41) is 5.81. The number of hydrogen-bond acceptors (Lipinski definition) is 5. The summed E-state index contributed by atoms with van der Waals surface area (Å²) in [6.45, 7) is 3.62. The van der Waals surface area contributed by atoms with E-state index in [9.17, 15) is 13.2 Å². The van der Waals surface area contributed by atoms with Gasteiger partial charge in [0.25, 0.3) is 0 Å². The Hall–Kier alpha value is -2.42. The normalized spacial score (nSPS) is 15.3. The molecule has 27 heavy (non-hydrogen) atoms. The quantitative estimate of drug-likeness (QED) is 0.790. The van der Waals surface area contributed by atoms with Crippen LogP contribution in [0.2, 0.25) is 0 Å². The molecule has 1 aliphatic rings. The van der Waals surface area contributed by atoms with Gasteiger partial charge in [-0.15, -0.1) is 0 Å². The summed E-state index contributed by atoms with van der Waals surface area (Å²) in [4.78, 5) is 12.3. The smallest absolute Gasteiger partial charge is 0.243 e. The van der Waals surface area contributed by atoms with Gasteiger partial charge in [-0.3, -0.25) is 4.79 Å². The maximum absolute atomic E-state index is 12.6. The van der Waals surface area contributed by atoms with Crippen molar-refractivity contribution in [2.45, 2.75) is 11.8 Å². The van der Waals surface area contributed by atoms with Gasteiger partial charge in [-0.25, -0.2) is 8.42 Å². The molecular formula is C19H23N3O4S. The van der Waals surface area contributed by atoms with Crippen LogP contribution < -0.4 is 10.6 Å². The van der Waals surface area contributed by atoms with Crippen LogP contribution in [0, 0.1) is 6.92 Å². The highest BCUT2D eigenvalue weighted by Crippen LogP contribution is 2.19. The first kappa shape index (κ1) is 19.3. The number of carbonyl (C=O) groups is 1. The van der Waals surface area contributed by atoms with Gasteiger partial charge in [0.2, 0.25) is 15.9 Å². The molecule has 0 spiro atoms. The highest BCUT2D eigenvalue weighted by Gasteiger charge is 2.26. The number of rotatable bonds is 6. The molecule has 0 saturated carbocycles. The van der Waals surface area contributed by atoms with E-state index in [2.05, 4.69) is 10.6 Å². The average Bonchev–Trinajstić information content (AvgIpc) is 2.68. The molecule has 1 heterocycles. The van der Waals surface area contributed by atoms with Crippen LogP contribution in [0.4, 0.5) is 11.4 Å². The van der Waals surface area contributed by atoms with Crippen LogP contribution in [-0.4, -0.2) is 51.5 Å². The van der Waals surface area contributed by atoms with Crippen molar-refractivity contribution in [1.82, 2.24) is 4.31 Å². The predicted molar refractivity (Wildman–Crippen MR) is 104 cm³/mol. The molecular weight excluding hydrogens is 366 g/mol. The highest BCUT2D eigenvalue weighted by molar-refractivity contribution is 7.89. The fourth-order valence-corrected chi connectivity index (χ4v) is 4.20. The fraction of sp³-hybridized carbons (Fsp3) is 0.316. The molecule has 1 aliphatic heterocycles. The number of anilines is 2. The van der Waals surface area contributed by atoms with Gasteiger partial charge in [-0.05, 0) is 48.9 Å². The summed E-state index contributed by atoms with van der Waals surface area (Å²) >= 11 is 0. The van der Waals surface area contributed by atoms with E-state index in [4.69, 9.17) is 4.74 Å². The molecule has 0 aliphatic carbocycles. The van der Waals surface area contributed by atoms with E-state index in [1.54, 1.807) is 12.1 Å². The average molecular weight is 389 g/mol. The fourth-order valence-electron chi connectivity index (χ4n) is 2.79. The first-order valence-corrected chi connectivity index (χ1v) is 10.2. The van der Waals surface area contributed by atoms with E-state index in [1.165, 1.54) is 16.4 Å². The second kappa shape index (κ2) is 8.51. The lowest BCUT2D eigenvalue weighted by molar-refractivity contribution is -0.114. The summed E-state index contributed by atoms with van der Waals surface area (Å²) in [5.74, 6) is -0.208. The molecule has 1 saturated heterocycles. The van der Waals surface area contributed by atoms with Crippen molar-refractivity contribution in [3.05, 3.63) is 54.1 Å². The largest absolute Gasteiger partial charge is 0.379 e. The lowest BCUT2D eigenvalue weighted by atomic mass is 10.2. The number of aryl methyl sites for hydroxylation is 1. The number of nitrogens with zero attached hydrogens (tertiary/aromatic N) is 1. The molecule has 2 aromatic carbocycles. The van der Waals surface area contributed by atoms with Gasteiger partial charge in [-0.1, -0.05) is 12.1 Å². The van der Waals surface area contributed by atoms with Gasteiger partial charge in [-0.2, -0.15) is 4.31 Å². The molecule has 2 N–H and O–H groups in total. The van der Waals surface area contributed by atoms with Gasteiger partial charge in [0.1, 0.15) is 0 Å². The number of morpholine rings is 1. The third-order valence-corrected chi connectivity index (χ3v) is 6.13. The molecule has 0 atom stereocenters. The molecule has 0 aromatic heterocycles. The molecule has 0 bridgehead atoms. The number of sulfonamides is 1. The van der Waals surface area contributed by atoms with Crippen LogP contribution >= 0.6 is 0 Å². The van der Waals surface area contributed by atoms with Crippen molar-refractivity contribution < 1.29 is 17.9 Å². The molecule has 7 nitrogen and oxygen atoms in total. The van der Waals surface area contributed by atoms with Crippen LogP contribution in [-0.2, 0) is 19.6 Å². The van der Waals surface area contributed by atoms with E-state index in [-0.39, 0.29) is 17.3 Å². The SMILES string of the molecule is Cc1cccc(NCC(=O)Nc2ccc(S(=O)(=O)N3CCOCC3)cc2)c1. The Bertz CT molecular complexity index is 891. The van der Waals surface area contributed by atoms with E-state index in [0.29, 0.717) is 32.0 Å². The standard InChI is InChI=1S/C19H23N3O4S/c1-15-3-2-4-17(13-15)20-14-19(23)21-16-5-7-18(8-6-16)27(24,25)22-9-11-26-12-10-22/h2-8,13,20H,9-12,14H2,1H3,(H,21,23). The number of carbonyl (C=O) groups excluding carboxylic acids is 1. The first-order chi connectivity index (χ1) is 12.9. The van der Waals surface area contributed by atoms with Gasteiger partial charge >= 0.3 is 0 Å². The number of hydrogen-bond donors (Lipinski definition) is 2. The second-order valence-electron chi connectivity index (χ2n) is 6.31. The molecule has 0 radical (unpaired) electrons. The van der Waals surface area contributed by atoms with Crippen molar-refractivity contribution in [1.29, 1.82) is 0 Å². The second-order valence-corrected chi connectivity index (χ2v) is 8.25. The van der Waals surface area contributed by atoms with Crippen LogP contribution in [0.5, 0.6) is 0 Å². The van der Waals surface area contributed by atoms with Crippen LogP contribution in [0.25, 0.3) is 0 Å². The minimum Gasteiger partial charge on any atom is -0.379 e. The summed E-state index contributed by atoms with van der Waals surface area (Å²) < 4.78 is 31.8. The molecule has 8 heteroatoms. The lowest BCUT2D eigenvalue weighted by Crippen LogP contribution is -2.40. The predicted octanol–water partition coefficient (Wildman–Crippen LogP) is 2.07. The van der Waals surface area contributed by atoms with Gasteiger partial charge < -0.3 is 15.4 Å². The number of benzene rings is 2. The Morgan fingerprint density at radius 2 is 1.78 bits per heavy atom. The monoisotopic (exact) mass is 389 g/mol. The number of amides is 1. The van der Waals surface area contributed by atoms with Crippen molar-refractivity contribution in [3.8, 4) is 0 Å². The minimum atomic E-state index is -3.53. The Balaban J connectivity index is 1.57. The first-order valence-electron chi connectivity index (χ1n) is 8.73. The highest BCUT2D eigenvalue weighted by atomic mass is 32.2. The van der Waals surface area contributed by atoms with Crippen molar-refractivity contribution in [2.75, 3.05) is 43.5 Å². The Kier molecular flexibility index (Phi) is 6.10. The van der Waals surface area contributed by atoms with E-state index < -0.39 is 10.0 Å². The molecule has 144 valence electrons. The lowest BCUT2D eigenvalue weighted by Gasteiger charge is -2.26. The third kappa shape index (κ3) is 5.06. The molecule has 1 fully saturated rings. The van der Waals surface area contributed by atoms with Gasteiger partial charge in [0.15, 0.2) is 0 Å². The van der Waals surface area contributed by atoms with Gasteiger partial charge in [0.05, 0.1) is 24.7 Å². The van der Waals surface area contributed by atoms with Crippen LogP contribution in [0.15, 0.2) is 53.4 Å². The zero-order valence-corrected chi connectivity index (χ0v) is 16.0. The molecule has 2 aromatic rings. The zero-order valence-electron chi connectivity index (χ0n) is 15.1. The summed E-state index contributed by atoms with van der Waals surface area (Å²) in [5.41, 5.74) is 2.53. The molecule has 1 amide bonds. The Morgan fingerprint density at radius 1 is 1.07 bits per heavy atom. The maximum atomic E-state index is 12.6. The van der Waals surface area contributed by atoms with Crippen molar-refractivity contribution in [2.24, 2.45) is 0 Å². The summed E-state index contributed by atoms with van der Waals surface area (Å²) in [6, 6.07) is 14.0. The van der Waals surface area contributed by atoms with Gasteiger partial charge in [0, 0.05) is 24.5 Å². The number of nitrogens with one attached hydrogen (secondary N) is 2. The van der Waals surface area contributed by atoms with Crippen LogP contribution in [0.3, 0.4) is 0 Å². The zero-order chi connectivity index (χ0) is 19.3. The third-order valence-electron chi connectivity index (χ3n) is 4.22. The summed E-state index contributed by atoms with van der Waals surface area (Å²) in [7, 11) is -3.53. The minimum absolute atomic E-state index is 0.122. The van der Waals surface area contributed by atoms with Crippen molar-refractivity contribution >= 4 is 27.3 Å². The Labute approximate surface area is 159 Å². The topological polar surface area (TPSA) is 87.7 Å².